The second-order valence-corrected chi connectivity index (χ2v) is 7.73. The lowest BCUT2D eigenvalue weighted by Gasteiger charge is -2.28. The van der Waals surface area contributed by atoms with Crippen molar-refractivity contribution in [1.82, 2.24) is 10.2 Å². The third-order valence-corrected chi connectivity index (χ3v) is 5.30. The van der Waals surface area contributed by atoms with E-state index in [2.05, 4.69) is 5.32 Å². The Balaban J connectivity index is 2.74. The summed E-state index contributed by atoms with van der Waals surface area (Å²) in [7, 11) is 0. The standard InChI is InChI=1S/C15H27N3O4S2/c1-23-8-5-10(16)13(19)17-11(6-9-24-2)14(20)18-7-3-4-12(18)15(21)22/h10-12H,3-9,16H2,1-2H3,(H,17,19)(H,21,22). The summed E-state index contributed by atoms with van der Waals surface area (Å²) in [6, 6.07) is -2.17. The van der Waals surface area contributed by atoms with Crippen LogP contribution in [0.2, 0.25) is 0 Å². The van der Waals surface area contributed by atoms with E-state index in [9.17, 15) is 19.5 Å². The average Bonchev–Trinajstić information content (AvgIpc) is 3.05. The molecule has 7 nitrogen and oxygen atoms in total. The number of nitrogens with zero attached hydrogens (tertiary/aromatic N) is 1. The van der Waals surface area contributed by atoms with Crippen LogP contribution >= 0.6 is 23.5 Å². The predicted molar refractivity (Wildman–Crippen MR) is 98.3 cm³/mol. The number of carboxylic acids is 1. The van der Waals surface area contributed by atoms with Gasteiger partial charge >= 0.3 is 5.97 Å². The van der Waals surface area contributed by atoms with Crippen LogP contribution in [-0.2, 0) is 14.4 Å². The van der Waals surface area contributed by atoms with Gasteiger partial charge in [0.1, 0.15) is 12.1 Å². The van der Waals surface area contributed by atoms with Gasteiger partial charge in [0.15, 0.2) is 0 Å². The van der Waals surface area contributed by atoms with Crippen LogP contribution in [0.4, 0.5) is 0 Å². The third kappa shape index (κ3) is 6.18. The summed E-state index contributed by atoms with van der Waals surface area (Å²) in [4.78, 5) is 37.6. The molecule has 0 aromatic carbocycles. The van der Waals surface area contributed by atoms with Crippen LogP contribution in [0.15, 0.2) is 0 Å². The number of aliphatic carboxylic acids is 1. The lowest BCUT2D eigenvalue weighted by atomic mass is 10.1. The molecule has 1 fully saturated rings. The van der Waals surface area contributed by atoms with E-state index in [1.165, 1.54) is 4.90 Å². The Bertz CT molecular complexity index is 450. The van der Waals surface area contributed by atoms with Crippen molar-refractivity contribution in [1.29, 1.82) is 0 Å². The number of nitrogens with two attached hydrogens (primary N) is 1. The topological polar surface area (TPSA) is 113 Å². The van der Waals surface area contributed by atoms with Crippen LogP contribution in [0.1, 0.15) is 25.7 Å². The molecule has 0 aliphatic carbocycles. The molecule has 2 amide bonds. The number of thioether (sulfide) groups is 2. The second-order valence-electron chi connectivity index (χ2n) is 5.76. The SMILES string of the molecule is CSCCC(N)C(=O)NC(CCSC)C(=O)N1CCCC1C(=O)O. The van der Waals surface area contributed by atoms with E-state index in [-0.39, 0.29) is 11.8 Å². The summed E-state index contributed by atoms with van der Waals surface area (Å²) in [5.74, 6) is -0.200. The number of rotatable bonds is 10. The Kier molecular flexibility index (Phi) is 9.53. The van der Waals surface area contributed by atoms with E-state index in [0.29, 0.717) is 38.0 Å². The van der Waals surface area contributed by atoms with Gasteiger partial charge in [0.2, 0.25) is 11.8 Å². The van der Waals surface area contributed by atoms with Crippen LogP contribution in [-0.4, -0.2) is 76.5 Å². The van der Waals surface area contributed by atoms with Crippen molar-refractivity contribution in [3.05, 3.63) is 0 Å². The van der Waals surface area contributed by atoms with Gasteiger partial charge in [-0.3, -0.25) is 9.59 Å². The Morgan fingerprint density at radius 2 is 1.88 bits per heavy atom. The summed E-state index contributed by atoms with van der Waals surface area (Å²) < 4.78 is 0. The molecule has 0 spiro atoms. The Morgan fingerprint density at radius 3 is 2.46 bits per heavy atom. The number of carbonyl (C=O) groups is 3. The maximum atomic E-state index is 12.7. The molecule has 0 radical (unpaired) electrons. The Morgan fingerprint density at radius 1 is 1.25 bits per heavy atom. The molecular formula is C15H27N3O4S2. The normalized spacial score (nSPS) is 19.8. The fourth-order valence-corrected chi connectivity index (χ4v) is 3.60. The molecule has 24 heavy (non-hydrogen) atoms. The van der Waals surface area contributed by atoms with E-state index >= 15 is 0 Å². The molecule has 4 N–H and O–H groups in total. The maximum absolute atomic E-state index is 12.7. The zero-order chi connectivity index (χ0) is 18.1. The lowest BCUT2D eigenvalue weighted by molar-refractivity contribution is -0.149. The molecule has 1 aliphatic heterocycles. The quantitative estimate of drug-likeness (QED) is 0.504. The predicted octanol–water partition coefficient (Wildman–Crippen LogP) is 0.380. The van der Waals surface area contributed by atoms with Crippen LogP contribution in [0.5, 0.6) is 0 Å². The lowest BCUT2D eigenvalue weighted by Crippen LogP contribution is -2.54. The first-order valence-corrected chi connectivity index (χ1v) is 10.8. The van der Waals surface area contributed by atoms with Crippen molar-refractivity contribution in [2.45, 2.75) is 43.8 Å². The molecule has 0 aromatic heterocycles. The first-order chi connectivity index (χ1) is 11.4. The zero-order valence-corrected chi connectivity index (χ0v) is 15.8. The molecule has 1 rings (SSSR count). The minimum atomic E-state index is -0.993. The summed E-state index contributed by atoms with van der Waals surface area (Å²) >= 11 is 3.18. The van der Waals surface area contributed by atoms with Gasteiger partial charge in [-0.25, -0.2) is 4.79 Å². The molecule has 3 atom stereocenters. The largest absolute Gasteiger partial charge is 0.480 e. The average molecular weight is 378 g/mol. The molecule has 9 heteroatoms. The maximum Gasteiger partial charge on any atom is 0.326 e. The number of hydrogen-bond acceptors (Lipinski definition) is 6. The minimum Gasteiger partial charge on any atom is -0.480 e. The van der Waals surface area contributed by atoms with Gasteiger partial charge in [-0.05, 0) is 49.7 Å². The highest BCUT2D eigenvalue weighted by molar-refractivity contribution is 7.98. The van der Waals surface area contributed by atoms with E-state index in [0.717, 1.165) is 5.75 Å². The van der Waals surface area contributed by atoms with Crippen molar-refractivity contribution < 1.29 is 19.5 Å². The van der Waals surface area contributed by atoms with Crippen molar-refractivity contribution in [3.63, 3.8) is 0 Å². The molecule has 138 valence electrons. The Hall–Kier alpha value is -0.930. The molecule has 0 bridgehead atoms. The Labute approximate surface area is 151 Å². The molecule has 0 aromatic rings. The van der Waals surface area contributed by atoms with Gasteiger partial charge in [0, 0.05) is 6.54 Å². The molecule has 1 saturated heterocycles. The fourth-order valence-electron chi connectivity index (χ4n) is 2.64. The third-order valence-electron chi connectivity index (χ3n) is 4.02. The first kappa shape index (κ1) is 21.1. The summed E-state index contributed by atoms with van der Waals surface area (Å²) in [5, 5.41) is 12.0. The van der Waals surface area contributed by atoms with Crippen molar-refractivity contribution in [2.75, 3.05) is 30.6 Å². The van der Waals surface area contributed by atoms with Crippen LogP contribution in [0.25, 0.3) is 0 Å². The van der Waals surface area contributed by atoms with Crippen LogP contribution < -0.4 is 11.1 Å². The molecule has 0 saturated carbocycles. The van der Waals surface area contributed by atoms with Gasteiger partial charge in [-0.15, -0.1) is 0 Å². The van der Waals surface area contributed by atoms with E-state index < -0.39 is 24.1 Å². The van der Waals surface area contributed by atoms with Crippen molar-refractivity contribution in [2.24, 2.45) is 5.73 Å². The van der Waals surface area contributed by atoms with Crippen molar-refractivity contribution >= 4 is 41.3 Å². The summed E-state index contributed by atoms with van der Waals surface area (Å²) in [6.07, 6.45) is 5.98. The number of amides is 2. The van der Waals surface area contributed by atoms with Crippen LogP contribution in [0.3, 0.4) is 0 Å². The van der Waals surface area contributed by atoms with Crippen molar-refractivity contribution in [3.8, 4) is 0 Å². The second kappa shape index (κ2) is 10.8. The monoisotopic (exact) mass is 377 g/mol. The van der Waals surface area contributed by atoms with E-state index in [4.69, 9.17) is 5.73 Å². The number of carboxylic acid groups (broad SMARTS) is 1. The zero-order valence-electron chi connectivity index (χ0n) is 14.2. The number of likely N-dealkylation sites (tertiary alicyclic amines) is 1. The summed E-state index contributed by atoms with van der Waals surface area (Å²) in [6.45, 7) is 0.417. The number of hydrogen-bond donors (Lipinski definition) is 3. The van der Waals surface area contributed by atoms with E-state index in [1.54, 1.807) is 23.5 Å². The number of nitrogens with one attached hydrogen (secondary N) is 1. The number of carbonyl (C=O) groups excluding carboxylic acids is 2. The van der Waals surface area contributed by atoms with Gasteiger partial charge in [0.05, 0.1) is 6.04 Å². The highest BCUT2D eigenvalue weighted by Crippen LogP contribution is 2.19. The fraction of sp³-hybridized carbons (Fsp3) is 0.800. The highest BCUT2D eigenvalue weighted by Gasteiger charge is 2.37. The van der Waals surface area contributed by atoms with Gasteiger partial charge < -0.3 is 21.1 Å². The minimum absolute atomic E-state index is 0.320. The molecule has 1 aliphatic rings. The smallest absolute Gasteiger partial charge is 0.326 e. The first-order valence-electron chi connectivity index (χ1n) is 7.99. The molecular weight excluding hydrogens is 350 g/mol. The van der Waals surface area contributed by atoms with Gasteiger partial charge in [0.25, 0.3) is 0 Å². The molecule has 1 heterocycles. The highest BCUT2D eigenvalue weighted by atomic mass is 32.2. The van der Waals surface area contributed by atoms with Gasteiger partial charge in [-0.1, -0.05) is 0 Å². The summed E-state index contributed by atoms with van der Waals surface area (Å²) in [5.41, 5.74) is 5.86. The van der Waals surface area contributed by atoms with Gasteiger partial charge in [-0.2, -0.15) is 23.5 Å². The van der Waals surface area contributed by atoms with Crippen LogP contribution in [0, 0.1) is 0 Å². The molecule has 3 unspecified atom stereocenters. The van der Waals surface area contributed by atoms with E-state index in [1.807, 2.05) is 12.5 Å².